The maximum absolute atomic E-state index is 12.7. The Labute approximate surface area is 192 Å². The molecule has 1 saturated carbocycles. The topological polar surface area (TPSA) is 130 Å². The van der Waals surface area contributed by atoms with Crippen LogP contribution in [0.3, 0.4) is 0 Å². The quantitative estimate of drug-likeness (QED) is 0.400. The van der Waals surface area contributed by atoms with E-state index in [4.69, 9.17) is 9.47 Å². The molecule has 2 heterocycles. The first kappa shape index (κ1) is 22.5. The third-order valence-corrected chi connectivity index (χ3v) is 5.06. The minimum absolute atomic E-state index is 0.00248. The van der Waals surface area contributed by atoms with E-state index in [0.717, 1.165) is 18.4 Å². The zero-order valence-electron chi connectivity index (χ0n) is 19.0. The highest BCUT2D eigenvalue weighted by atomic mass is 16.5. The monoisotopic (exact) mass is 451 g/mol. The molecule has 1 aromatic heterocycles. The number of ether oxygens (including phenoxy) is 2. The lowest BCUT2D eigenvalue weighted by molar-refractivity contribution is -0.117. The van der Waals surface area contributed by atoms with Gasteiger partial charge in [-0.15, -0.1) is 10.2 Å². The van der Waals surface area contributed by atoms with Crippen LogP contribution in [0.15, 0.2) is 29.3 Å². The van der Waals surface area contributed by atoms with Gasteiger partial charge in [-0.3, -0.25) is 9.80 Å². The summed E-state index contributed by atoms with van der Waals surface area (Å²) in [4.78, 5) is 29.3. The molecule has 0 bridgehead atoms. The molecule has 0 spiro atoms. The Hall–Kier alpha value is -3.67. The van der Waals surface area contributed by atoms with Gasteiger partial charge in [-0.1, -0.05) is 12.1 Å². The van der Waals surface area contributed by atoms with Crippen molar-refractivity contribution in [1.82, 2.24) is 20.6 Å². The summed E-state index contributed by atoms with van der Waals surface area (Å²) in [5, 5.41) is 15.8. The summed E-state index contributed by atoms with van der Waals surface area (Å²) >= 11 is 0. The predicted octanol–water partition coefficient (Wildman–Crippen LogP) is 1.19. The number of carbonyl (C=O) groups excluding carboxylic acids is 2. The summed E-state index contributed by atoms with van der Waals surface area (Å²) in [5.41, 5.74) is 4.92. The van der Waals surface area contributed by atoms with Crippen LogP contribution < -0.4 is 20.8 Å². The standard InChI is InChI=1S/C21H26BN7O4/c1-11(22)33-21(31)17-15(9-16(26-27-17)25-20(30)12-7-8-12)24-14-6-4-5-13(18(14)32-3)19-23-10-29(2)28-19/h4-6,9-12,19,28H,7-8,22H2,1-3H3,(H2,24,25,26,30). The van der Waals surface area contributed by atoms with Crippen molar-refractivity contribution in [3.63, 3.8) is 0 Å². The van der Waals surface area contributed by atoms with Gasteiger partial charge in [-0.2, -0.15) is 0 Å². The van der Waals surface area contributed by atoms with Crippen LogP contribution >= 0.6 is 0 Å². The molecule has 1 fully saturated rings. The third kappa shape index (κ3) is 5.22. The van der Waals surface area contributed by atoms with E-state index in [9.17, 15) is 9.59 Å². The van der Waals surface area contributed by atoms with Crippen LogP contribution in [0, 0.1) is 5.92 Å². The summed E-state index contributed by atoms with van der Waals surface area (Å²) in [5.74, 6) is 0.0592. The van der Waals surface area contributed by atoms with E-state index >= 15 is 0 Å². The van der Waals surface area contributed by atoms with Crippen LogP contribution in [0.5, 0.6) is 5.75 Å². The molecule has 2 aromatic rings. The van der Waals surface area contributed by atoms with E-state index in [-0.39, 0.29) is 35.5 Å². The van der Waals surface area contributed by atoms with Crippen molar-refractivity contribution in [1.29, 1.82) is 0 Å². The fourth-order valence-electron chi connectivity index (χ4n) is 3.36. The summed E-state index contributed by atoms with van der Waals surface area (Å²) in [6, 6.07) is 6.80. The van der Waals surface area contributed by atoms with E-state index in [1.165, 1.54) is 0 Å². The van der Waals surface area contributed by atoms with Crippen LogP contribution in [-0.4, -0.2) is 61.4 Å². The van der Waals surface area contributed by atoms with Gasteiger partial charge in [0.1, 0.15) is 18.3 Å². The van der Waals surface area contributed by atoms with Gasteiger partial charge in [0, 0.05) is 24.6 Å². The normalized spacial score (nSPS) is 18.0. The average molecular weight is 451 g/mol. The molecule has 0 saturated heterocycles. The second-order valence-electron chi connectivity index (χ2n) is 8.17. The number of aromatic nitrogens is 2. The first-order chi connectivity index (χ1) is 15.9. The number of anilines is 3. The van der Waals surface area contributed by atoms with Crippen molar-refractivity contribution in [3.05, 3.63) is 35.5 Å². The fourth-order valence-corrected chi connectivity index (χ4v) is 3.36. The predicted molar refractivity (Wildman–Crippen MR) is 125 cm³/mol. The molecule has 1 amide bonds. The van der Waals surface area contributed by atoms with Crippen LogP contribution in [0.4, 0.5) is 17.2 Å². The molecule has 1 aliphatic heterocycles. The molecule has 1 aliphatic carbocycles. The Kier molecular flexibility index (Phi) is 6.45. The minimum atomic E-state index is -0.626. The maximum Gasteiger partial charge on any atom is 0.360 e. The van der Waals surface area contributed by atoms with Crippen LogP contribution in [0.1, 0.15) is 42.0 Å². The largest absolute Gasteiger partial charge is 0.494 e. The number of nitrogens with one attached hydrogen (secondary N) is 3. The Morgan fingerprint density at radius 1 is 1.27 bits per heavy atom. The second kappa shape index (κ2) is 9.45. The number of rotatable bonds is 8. The van der Waals surface area contributed by atoms with Gasteiger partial charge < -0.3 is 20.1 Å². The first-order valence-corrected chi connectivity index (χ1v) is 10.7. The number of methoxy groups -OCH3 is 1. The van der Waals surface area contributed by atoms with Crippen LogP contribution in [-0.2, 0) is 9.53 Å². The van der Waals surface area contributed by atoms with Crippen LogP contribution in [0.25, 0.3) is 0 Å². The van der Waals surface area contributed by atoms with E-state index in [2.05, 4.69) is 31.2 Å². The molecule has 2 atom stereocenters. The third-order valence-electron chi connectivity index (χ3n) is 5.06. The highest BCUT2D eigenvalue weighted by molar-refractivity contribution is 6.12. The number of hydrazine groups is 1. The van der Waals surface area contributed by atoms with Crippen molar-refractivity contribution < 1.29 is 19.1 Å². The van der Waals surface area contributed by atoms with E-state index in [1.54, 1.807) is 39.3 Å². The number of nitrogens with zero attached hydrogens (tertiary/aromatic N) is 4. The number of amides is 1. The van der Waals surface area contributed by atoms with Crippen molar-refractivity contribution in [2.24, 2.45) is 10.9 Å². The number of hydrogen-bond acceptors (Lipinski definition) is 10. The number of esters is 1. The molecule has 33 heavy (non-hydrogen) atoms. The summed E-state index contributed by atoms with van der Waals surface area (Å²) in [6.45, 7) is 1.75. The number of para-hydroxylation sites is 1. The van der Waals surface area contributed by atoms with E-state index < -0.39 is 5.97 Å². The van der Waals surface area contributed by atoms with Gasteiger partial charge in [0.15, 0.2) is 19.4 Å². The van der Waals surface area contributed by atoms with Crippen molar-refractivity contribution in [3.8, 4) is 5.75 Å². The van der Waals surface area contributed by atoms with Crippen LogP contribution in [0.2, 0.25) is 0 Å². The zero-order valence-corrected chi connectivity index (χ0v) is 19.0. The minimum Gasteiger partial charge on any atom is -0.494 e. The molecule has 172 valence electrons. The molecular formula is C21H26BN7O4. The van der Waals surface area contributed by atoms with Gasteiger partial charge in [0.2, 0.25) is 5.91 Å². The molecule has 2 aliphatic rings. The lowest BCUT2D eigenvalue weighted by atomic mass is 10.0. The van der Waals surface area contributed by atoms with Crippen molar-refractivity contribution in [2.45, 2.75) is 31.9 Å². The zero-order chi connectivity index (χ0) is 23.5. The second-order valence-corrected chi connectivity index (χ2v) is 8.17. The van der Waals surface area contributed by atoms with Gasteiger partial charge in [-0.25, -0.2) is 15.2 Å². The Bertz CT molecular complexity index is 1090. The Morgan fingerprint density at radius 2 is 2.06 bits per heavy atom. The van der Waals surface area contributed by atoms with Crippen molar-refractivity contribution in [2.75, 3.05) is 24.8 Å². The number of hydrogen-bond donors (Lipinski definition) is 3. The average Bonchev–Trinajstić information content (AvgIpc) is 3.54. The lowest BCUT2D eigenvalue weighted by Crippen LogP contribution is -2.29. The van der Waals surface area contributed by atoms with Gasteiger partial charge >= 0.3 is 5.97 Å². The van der Waals surface area contributed by atoms with E-state index in [0.29, 0.717) is 17.1 Å². The molecule has 12 heteroatoms. The number of carbonyl (C=O) groups is 2. The number of benzene rings is 1. The fraction of sp³-hybridized carbons (Fsp3) is 0.381. The summed E-state index contributed by atoms with van der Waals surface area (Å²) < 4.78 is 11.0. The van der Waals surface area contributed by atoms with E-state index in [1.807, 2.05) is 25.2 Å². The summed E-state index contributed by atoms with van der Waals surface area (Å²) in [7, 11) is 5.17. The Morgan fingerprint density at radius 3 is 2.70 bits per heavy atom. The first-order valence-electron chi connectivity index (χ1n) is 10.7. The lowest BCUT2D eigenvalue weighted by Gasteiger charge is -2.20. The Balaban J connectivity index is 1.68. The molecule has 4 rings (SSSR count). The smallest absolute Gasteiger partial charge is 0.360 e. The maximum atomic E-state index is 12.7. The highest BCUT2D eigenvalue weighted by Crippen LogP contribution is 2.37. The SMILES string of the molecule is BC(C)OC(=O)c1nnc(NC(=O)C2CC2)cc1Nc1cccc(C2N=CN(C)N2)c1OC. The van der Waals surface area contributed by atoms with Gasteiger partial charge in [-0.05, 0) is 25.8 Å². The molecule has 2 unspecified atom stereocenters. The van der Waals surface area contributed by atoms with Crippen molar-refractivity contribution >= 4 is 43.3 Å². The molecule has 1 aromatic carbocycles. The molecule has 0 radical (unpaired) electrons. The summed E-state index contributed by atoms with van der Waals surface area (Å²) in [6.07, 6.45) is 3.09. The molecule has 11 nitrogen and oxygen atoms in total. The van der Waals surface area contributed by atoms with Gasteiger partial charge in [0.05, 0.1) is 24.5 Å². The molecular weight excluding hydrogens is 425 g/mol. The number of aliphatic imine (C=N–C) groups is 1. The highest BCUT2D eigenvalue weighted by Gasteiger charge is 2.30. The van der Waals surface area contributed by atoms with Gasteiger partial charge in [0.25, 0.3) is 0 Å². The molecule has 3 N–H and O–H groups in total.